The molecule has 0 unspecified atom stereocenters. The van der Waals surface area contributed by atoms with Gasteiger partial charge in [0, 0.05) is 35.1 Å². The first-order valence-electron chi connectivity index (χ1n) is 10.7. The third-order valence-corrected chi connectivity index (χ3v) is 6.04. The van der Waals surface area contributed by atoms with E-state index in [4.69, 9.17) is 9.15 Å². The molecule has 0 saturated heterocycles. The quantitative estimate of drug-likeness (QED) is 0.324. The number of halogens is 1. The van der Waals surface area contributed by atoms with E-state index < -0.39 is 0 Å². The van der Waals surface area contributed by atoms with Gasteiger partial charge in [-0.05, 0) is 60.5 Å². The SMILES string of the molecule is CNC(=O)c1c(-c2ccc(F)c(C)c2)oc2c1cc(-c1ccc(OC)c(C=O)c1)c1[nH]ccc12. The summed E-state index contributed by atoms with van der Waals surface area (Å²) in [6.07, 6.45) is 2.54. The van der Waals surface area contributed by atoms with Crippen LogP contribution >= 0.6 is 0 Å². The number of aromatic amines is 1. The Hall–Kier alpha value is -4.39. The van der Waals surface area contributed by atoms with Gasteiger partial charge in [-0.25, -0.2) is 4.39 Å². The van der Waals surface area contributed by atoms with Gasteiger partial charge in [0.15, 0.2) is 6.29 Å². The average Bonchev–Trinajstić information content (AvgIpc) is 3.49. The molecule has 7 heteroatoms. The Kier molecular flexibility index (Phi) is 5.17. The molecule has 170 valence electrons. The van der Waals surface area contributed by atoms with E-state index in [-0.39, 0.29) is 11.7 Å². The van der Waals surface area contributed by atoms with Crippen LogP contribution in [0, 0.1) is 12.7 Å². The fraction of sp³-hybridized carbons (Fsp3) is 0.111. The first-order valence-corrected chi connectivity index (χ1v) is 10.7. The molecular weight excluding hydrogens is 435 g/mol. The third kappa shape index (κ3) is 3.25. The number of amides is 1. The summed E-state index contributed by atoms with van der Waals surface area (Å²) in [7, 11) is 3.06. The minimum atomic E-state index is -0.331. The molecule has 3 aromatic carbocycles. The van der Waals surface area contributed by atoms with Crippen LogP contribution in [0.15, 0.2) is 59.1 Å². The van der Waals surface area contributed by atoms with Crippen LogP contribution in [0.4, 0.5) is 4.39 Å². The molecule has 0 atom stereocenters. The predicted octanol–water partition coefficient (Wildman–Crippen LogP) is 5.88. The number of nitrogens with one attached hydrogen (secondary N) is 2. The van der Waals surface area contributed by atoms with Crippen molar-refractivity contribution in [3.05, 3.63) is 77.2 Å². The van der Waals surface area contributed by atoms with Gasteiger partial charge in [-0.15, -0.1) is 0 Å². The number of benzene rings is 3. The van der Waals surface area contributed by atoms with E-state index in [1.165, 1.54) is 13.2 Å². The Labute approximate surface area is 194 Å². The number of carbonyl (C=O) groups is 2. The molecular formula is C27H21FN2O4. The predicted molar refractivity (Wildman–Crippen MR) is 129 cm³/mol. The molecule has 0 saturated carbocycles. The number of aromatic nitrogens is 1. The number of carbonyl (C=O) groups excluding carboxylic acids is 2. The van der Waals surface area contributed by atoms with Crippen molar-refractivity contribution in [2.24, 2.45) is 0 Å². The number of aldehydes is 1. The van der Waals surface area contributed by atoms with Crippen molar-refractivity contribution < 1.29 is 23.1 Å². The number of furan rings is 1. The molecule has 0 bridgehead atoms. The Morgan fingerprint density at radius 3 is 2.59 bits per heavy atom. The highest BCUT2D eigenvalue weighted by atomic mass is 19.1. The van der Waals surface area contributed by atoms with Crippen molar-refractivity contribution in [2.45, 2.75) is 6.92 Å². The van der Waals surface area contributed by atoms with E-state index in [2.05, 4.69) is 10.3 Å². The molecule has 2 N–H and O–H groups in total. The molecule has 2 aromatic heterocycles. The number of rotatable bonds is 5. The maximum Gasteiger partial charge on any atom is 0.255 e. The van der Waals surface area contributed by atoms with Gasteiger partial charge in [-0.2, -0.15) is 0 Å². The van der Waals surface area contributed by atoms with Crippen LogP contribution in [0.3, 0.4) is 0 Å². The van der Waals surface area contributed by atoms with Crippen LogP contribution < -0.4 is 10.1 Å². The summed E-state index contributed by atoms with van der Waals surface area (Å²) < 4.78 is 25.5. The Bertz CT molecular complexity index is 1600. The fourth-order valence-corrected chi connectivity index (χ4v) is 4.34. The second-order valence-electron chi connectivity index (χ2n) is 7.99. The van der Waals surface area contributed by atoms with Crippen molar-refractivity contribution in [3.63, 3.8) is 0 Å². The van der Waals surface area contributed by atoms with Gasteiger partial charge in [-0.3, -0.25) is 9.59 Å². The van der Waals surface area contributed by atoms with E-state index >= 15 is 0 Å². The Morgan fingerprint density at radius 1 is 1.09 bits per heavy atom. The minimum absolute atomic E-state index is 0.320. The normalized spacial score (nSPS) is 11.2. The topological polar surface area (TPSA) is 84.3 Å². The molecule has 0 aliphatic heterocycles. The summed E-state index contributed by atoms with van der Waals surface area (Å²) in [5.41, 5.74) is 4.75. The standard InChI is InChI=1S/C27H21FN2O4/c1-14-10-16(4-6-21(14)28)25-23(27(32)29-2)20-12-19(24-18(8-9-30-24)26(20)34-25)15-5-7-22(33-3)17(11-15)13-31/h4-13,30H,1-3H3,(H,29,32). The molecule has 2 heterocycles. The van der Waals surface area contributed by atoms with Crippen molar-refractivity contribution in [1.29, 1.82) is 0 Å². The number of ether oxygens (including phenoxy) is 1. The zero-order valence-corrected chi connectivity index (χ0v) is 18.8. The van der Waals surface area contributed by atoms with Crippen molar-refractivity contribution >= 4 is 34.1 Å². The lowest BCUT2D eigenvalue weighted by Gasteiger charge is -2.09. The summed E-state index contributed by atoms with van der Waals surface area (Å²) in [6.45, 7) is 1.66. The molecule has 0 spiro atoms. The summed E-state index contributed by atoms with van der Waals surface area (Å²) in [4.78, 5) is 27.9. The molecule has 0 aliphatic carbocycles. The number of fused-ring (bicyclic) bond motifs is 3. The van der Waals surface area contributed by atoms with E-state index in [9.17, 15) is 14.0 Å². The van der Waals surface area contributed by atoms with Crippen LogP contribution in [0.1, 0.15) is 26.3 Å². The fourth-order valence-electron chi connectivity index (χ4n) is 4.34. The maximum atomic E-state index is 13.9. The van der Waals surface area contributed by atoms with Crippen LogP contribution in [-0.4, -0.2) is 31.3 Å². The van der Waals surface area contributed by atoms with Gasteiger partial charge in [0.1, 0.15) is 22.9 Å². The van der Waals surface area contributed by atoms with Gasteiger partial charge in [-0.1, -0.05) is 6.07 Å². The highest BCUT2D eigenvalue weighted by Gasteiger charge is 2.25. The zero-order valence-electron chi connectivity index (χ0n) is 18.8. The summed E-state index contributed by atoms with van der Waals surface area (Å²) in [5, 5.41) is 4.08. The molecule has 0 radical (unpaired) electrons. The first-order chi connectivity index (χ1) is 16.5. The summed E-state index contributed by atoms with van der Waals surface area (Å²) >= 11 is 0. The molecule has 0 fully saturated rings. The maximum absolute atomic E-state index is 13.9. The molecule has 6 nitrogen and oxygen atoms in total. The largest absolute Gasteiger partial charge is 0.496 e. The van der Waals surface area contributed by atoms with Gasteiger partial charge in [0.25, 0.3) is 5.91 Å². The number of methoxy groups -OCH3 is 1. The number of hydrogen-bond donors (Lipinski definition) is 2. The van der Waals surface area contributed by atoms with Crippen LogP contribution in [0.25, 0.3) is 44.3 Å². The summed E-state index contributed by atoms with van der Waals surface area (Å²) in [6, 6.07) is 13.7. The highest BCUT2D eigenvalue weighted by Crippen LogP contribution is 2.42. The lowest BCUT2D eigenvalue weighted by Crippen LogP contribution is -2.18. The van der Waals surface area contributed by atoms with E-state index in [0.29, 0.717) is 44.7 Å². The summed E-state index contributed by atoms with van der Waals surface area (Å²) in [5.74, 6) is 0.188. The van der Waals surface area contributed by atoms with Gasteiger partial charge in [0.05, 0.1) is 23.8 Å². The van der Waals surface area contributed by atoms with Crippen LogP contribution in [-0.2, 0) is 0 Å². The Balaban J connectivity index is 1.85. The first kappa shape index (κ1) is 21.5. The van der Waals surface area contributed by atoms with Gasteiger partial charge >= 0.3 is 0 Å². The zero-order chi connectivity index (χ0) is 24.0. The highest BCUT2D eigenvalue weighted by molar-refractivity contribution is 6.19. The monoisotopic (exact) mass is 456 g/mol. The second-order valence-corrected chi connectivity index (χ2v) is 7.99. The van der Waals surface area contributed by atoms with Crippen LogP contribution in [0.2, 0.25) is 0 Å². The van der Waals surface area contributed by atoms with Crippen molar-refractivity contribution in [2.75, 3.05) is 14.2 Å². The average molecular weight is 456 g/mol. The van der Waals surface area contributed by atoms with Crippen molar-refractivity contribution in [1.82, 2.24) is 10.3 Å². The van der Waals surface area contributed by atoms with Gasteiger partial charge < -0.3 is 19.5 Å². The minimum Gasteiger partial charge on any atom is -0.496 e. The smallest absolute Gasteiger partial charge is 0.255 e. The molecule has 34 heavy (non-hydrogen) atoms. The van der Waals surface area contributed by atoms with Crippen molar-refractivity contribution in [3.8, 4) is 28.2 Å². The second kappa shape index (κ2) is 8.19. The van der Waals surface area contributed by atoms with E-state index in [1.807, 2.05) is 18.2 Å². The number of hydrogen-bond acceptors (Lipinski definition) is 4. The molecule has 5 rings (SSSR count). The Morgan fingerprint density at radius 2 is 1.88 bits per heavy atom. The number of H-pyrrole nitrogens is 1. The third-order valence-electron chi connectivity index (χ3n) is 6.04. The molecule has 1 amide bonds. The number of aryl methyl sites for hydroxylation is 1. The van der Waals surface area contributed by atoms with Crippen LogP contribution in [0.5, 0.6) is 5.75 Å². The molecule has 5 aromatic rings. The lowest BCUT2D eigenvalue weighted by molar-refractivity contribution is 0.0964. The van der Waals surface area contributed by atoms with E-state index in [1.54, 1.807) is 44.4 Å². The van der Waals surface area contributed by atoms with E-state index in [0.717, 1.165) is 28.3 Å². The molecule has 0 aliphatic rings. The van der Waals surface area contributed by atoms with Gasteiger partial charge in [0.2, 0.25) is 0 Å². The lowest BCUT2D eigenvalue weighted by atomic mass is 9.96.